The fourth-order valence-electron chi connectivity index (χ4n) is 2.29. The third-order valence-corrected chi connectivity index (χ3v) is 3.19. The van der Waals surface area contributed by atoms with Crippen LogP contribution in [0.2, 0.25) is 0 Å². The topological polar surface area (TPSA) is 20.3 Å². The van der Waals surface area contributed by atoms with Gasteiger partial charge < -0.3 is 4.90 Å². The van der Waals surface area contributed by atoms with E-state index < -0.39 is 11.8 Å². The Kier molecular flexibility index (Phi) is 2.05. The third kappa shape index (κ3) is 1.51. The average Bonchev–Trinajstić information content (AvgIpc) is 2.55. The highest BCUT2D eigenvalue weighted by Crippen LogP contribution is 2.50. The first-order chi connectivity index (χ1) is 6.42. The molecule has 1 heterocycles. The van der Waals surface area contributed by atoms with E-state index in [2.05, 4.69) is 6.92 Å². The number of hydrogen-bond acceptors (Lipinski definition) is 1. The van der Waals surface area contributed by atoms with Crippen LogP contribution in [-0.2, 0) is 4.79 Å². The van der Waals surface area contributed by atoms with Crippen molar-refractivity contribution in [1.82, 2.24) is 4.90 Å². The van der Waals surface area contributed by atoms with Crippen LogP contribution in [0.5, 0.6) is 0 Å². The highest BCUT2D eigenvalue weighted by molar-refractivity contribution is 5.83. The Morgan fingerprint density at radius 3 is 2.36 bits per heavy atom. The molecular formula is C10H15F2NO. The first-order valence-corrected chi connectivity index (χ1v) is 5.10. The zero-order valence-corrected chi connectivity index (χ0v) is 8.46. The van der Waals surface area contributed by atoms with Gasteiger partial charge in [0, 0.05) is 19.0 Å². The summed E-state index contributed by atoms with van der Waals surface area (Å²) in [7, 11) is 0. The Hall–Kier alpha value is -0.670. The van der Waals surface area contributed by atoms with Gasteiger partial charge in [0.2, 0.25) is 5.91 Å². The Bertz CT molecular complexity index is 267. The van der Waals surface area contributed by atoms with Gasteiger partial charge in [-0.25, -0.2) is 8.78 Å². The van der Waals surface area contributed by atoms with Crippen LogP contribution in [0.4, 0.5) is 8.78 Å². The molecule has 2 rings (SSSR count). The number of carbonyl (C=O) groups excluding carboxylic acids is 1. The summed E-state index contributed by atoms with van der Waals surface area (Å²) < 4.78 is 25.4. The van der Waals surface area contributed by atoms with Crippen molar-refractivity contribution in [2.75, 3.05) is 6.54 Å². The SMILES string of the molecule is CC1CC(C)N(C(=O)C2CC2(F)F)C1. The zero-order chi connectivity index (χ0) is 10.5. The summed E-state index contributed by atoms with van der Waals surface area (Å²) in [6, 6.07) is 0.133. The number of nitrogens with zero attached hydrogens (tertiary/aromatic N) is 1. The van der Waals surface area contributed by atoms with Crippen molar-refractivity contribution in [1.29, 1.82) is 0 Å². The molecular weight excluding hydrogens is 188 g/mol. The molecule has 0 radical (unpaired) electrons. The molecule has 0 aromatic rings. The molecule has 4 heteroatoms. The van der Waals surface area contributed by atoms with Crippen LogP contribution in [0, 0.1) is 11.8 Å². The molecule has 0 N–H and O–H groups in total. The highest BCUT2D eigenvalue weighted by atomic mass is 19.3. The molecule has 3 atom stereocenters. The first kappa shape index (κ1) is 9.87. The van der Waals surface area contributed by atoms with Crippen molar-refractivity contribution < 1.29 is 13.6 Å². The third-order valence-electron chi connectivity index (χ3n) is 3.19. The fraction of sp³-hybridized carbons (Fsp3) is 0.900. The lowest BCUT2D eigenvalue weighted by molar-refractivity contribution is -0.135. The molecule has 1 aliphatic heterocycles. The van der Waals surface area contributed by atoms with Crippen LogP contribution in [0.1, 0.15) is 26.7 Å². The van der Waals surface area contributed by atoms with Crippen LogP contribution >= 0.6 is 0 Å². The Balaban J connectivity index is 1.99. The van der Waals surface area contributed by atoms with Gasteiger partial charge in [0.25, 0.3) is 5.92 Å². The van der Waals surface area contributed by atoms with E-state index >= 15 is 0 Å². The van der Waals surface area contributed by atoms with Crippen molar-refractivity contribution in [3.8, 4) is 0 Å². The van der Waals surface area contributed by atoms with Gasteiger partial charge >= 0.3 is 0 Å². The molecule has 0 aromatic heterocycles. The number of amides is 1. The van der Waals surface area contributed by atoms with E-state index in [0.717, 1.165) is 6.42 Å². The molecule has 80 valence electrons. The minimum Gasteiger partial charge on any atom is -0.339 e. The summed E-state index contributed by atoms with van der Waals surface area (Å²) in [4.78, 5) is 13.2. The maximum Gasteiger partial charge on any atom is 0.260 e. The smallest absolute Gasteiger partial charge is 0.260 e. The second kappa shape index (κ2) is 2.91. The summed E-state index contributed by atoms with van der Waals surface area (Å²) in [6.07, 6.45) is 0.688. The summed E-state index contributed by atoms with van der Waals surface area (Å²) in [5.74, 6) is -3.63. The molecule has 0 bridgehead atoms. The molecule has 14 heavy (non-hydrogen) atoms. The van der Waals surface area contributed by atoms with E-state index in [1.807, 2.05) is 6.92 Å². The van der Waals surface area contributed by atoms with Crippen molar-refractivity contribution >= 4 is 5.91 Å². The van der Waals surface area contributed by atoms with Gasteiger partial charge in [0.05, 0.1) is 0 Å². The Labute approximate surface area is 82.3 Å². The average molecular weight is 203 g/mol. The molecule has 1 saturated carbocycles. The predicted octanol–water partition coefficient (Wildman–Crippen LogP) is 1.90. The Morgan fingerprint density at radius 2 is 2.00 bits per heavy atom. The van der Waals surface area contributed by atoms with E-state index in [1.54, 1.807) is 4.90 Å². The molecule has 1 amide bonds. The number of halogens is 2. The van der Waals surface area contributed by atoms with Crippen molar-refractivity contribution in [2.24, 2.45) is 11.8 Å². The van der Waals surface area contributed by atoms with Crippen molar-refractivity contribution in [2.45, 2.75) is 38.7 Å². The largest absolute Gasteiger partial charge is 0.339 e. The Morgan fingerprint density at radius 1 is 1.43 bits per heavy atom. The van der Waals surface area contributed by atoms with Gasteiger partial charge in [-0.15, -0.1) is 0 Å². The lowest BCUT2D eigenvalue weighted by Gasteiger charge is -2.21. The van der Waals surface area contributed by atoms with Crippen LogP contribution in [0.15, 0.2) is 0 Å². The molecule has 2 nitrogen and oxygen atoms in total. The zero-order valence-electron chi connectivity index (χ0n) is 8.46. The van der Waals surface area contributed by atoms with Crippen molar-refractivity contribution in [3.63, 3.8) is 0 Å². The summed E-state index contributed by atoms with van der Waals surface area (Å²) >= 11 is 0. The number of likely N-dealkylation sites (tertiary alicyclic amines) is 1. The second-order valence-corrected chi connectivity index (χ2v) is 4.70. The van der Waals surface area contributed by atoms with Gasteiger partial charge in [-0.3, -0.25) is 4.79 Å². The molecule has 1 saturated heterocycles. The molecule has 3 unspecified atom stereocenters. The van der Waals surface area contributed by atoms with Crippen molar-refractivity contribution in [3.05, 3.63) is 0 Å². The van der Waals surface area contributed by atoms with E-state index in [4.69, 9.17) is 0 Å². The molecule has 1 aliphatic carbocycles. The van der Waals surface area contributed by atoms with Crippen LogP contribution in [-0.4, -0.2) is 29.3 Å². The first-order valence-electron chi connectivity index (χ1n) is 5.10. The quantitative estimate of drug-likeness (QED) is 0.637. The lowest BCUT2D eigenvalue weighted by Crippen LogP contribution is -2.36. The normalized spacial score (nSPS) is 40.0. The van der Waals surface area contributed by atoms with Gasteiger partial charge in [-0.05, 0) is 19.3 Å². The van der Waals surface area contributed by atoms with Gasteiger partial charge in [0.15, 0.2) is 0 Å². The molecule has 0 aromatic carbocycles. The van der Waals surface area contributed by atoms with Gasteiger partial charge in [-0.1, -0.05) is 6.92 Å². The maximum atomic E-state index is 12.7. The number of alkyl halides is 2. The van der Waals surface area contributed by atoms with E-state index in [0.29, 0.717) is 12.5 Å². The van der Waals surface area contributed by atoms with Gasteiger partial charge in [0.1, 0.15) is 5.92 Å². The monoisotopic (exact) mass is 203 g/mol. The predicted molar refractivity (Wildman–Crippen MR) is 48.0 cm³/mol. The molecule has 2 aliphatic rings. The van der Waals surface area contributed by atoms with Gasteiger partial charge in [-0.2, -0.15) is 0 Å². The minimum atomic E-state index is -2.72. The maximum absolute atomic E-state index is 12.7. The minimum absolute atomic E-state index is 0.133. The van der Waals surface area contributed by atoms with E-state index in [1.165, 1.54) is 0 Å². The summed E-state index contributed by atoms with van der Waals surface area (Å²) in [5, 5.41) is 0. The summed E-state index contributed by atoms with van der Waals surface area (Å²) in [5.41, 5.74) is 0. The second-order valence-electron chi connectivity index (χ2n) is 4.70. The fourth-order valence-corrected chi connectivity index (χ4v) is 2.29. The molecule has 2 fully saturated rings. The number of rotatable bonds is 1. The number of carbonyl (C=O) groups is 1. The highest BCUT2D eigenvalue weighted by Gasteiger charge is 2.62. The summed E-state index contributed by atoms with van der Waals surface area (Å²) in [6.45, 7) is 4.63. The standard InChI is InChI=1S/C10H15F2NO/c1-6-3-7(2)13(5-6)9(14)8-4-10(8,11)12/h6-8H,3-5H2,1-2H3. The molecule has 0 spiro atoms. The van der Waals surface area contributed by atoms with Crippen LogP contribution in [0.25, 0.3) is 0 Å². The van der Waals surface area contributed by atoms with E-state index in [-0.39, 0.29) is 18.4 Å². The van der Waals surface area contributed by atoms with E-state index in [9.17, 15) is 13.6 Å². The number of hydrogen-bond donors (Lipinski definition) is 0. The lowest BCUT2D eigenvalue weighted by atomic mass is 10.1. The van der Waals surface area contributed by atoms with Crippen LogP contribution in [0.3, 0.4) is 0 Å². The van der Waals surface area contributed by atoms with Crippen LogP contribution < -0.4 is 0 Å².